The van der Waals surface area contributed by atoms with Crippen molar-refractivity contribution in [3.63, 3.8) is 0 Å². The Morgan fingerprint density at radius 1 is 1.04 bits per heavy atom. The highest BCUT2D eigenvalue weighted by Crippen LogP contribution is 2.29. The molecule has 1 saturated heterocycles. The lowest BCUT2D eigenvalue weighted by molar-refractivity contribution is -0.137. The van der Waals surface area contributed by atoms with Gasteiger partial charge in [0, 0.05) is 17.8 Å². The average Bonchev–Trinajstić information content (AvgIpc) is 2.62. The maximum atomic E-state index is 12.6. The first-order valence-corrected chi connectivity index (χ1v) is 8.23. The predicted octanol–water partition coefficient (Wildman–Crippen LogP) is 4.85. The van der Waals surface area contributed by atoms with E-state index in [2.05, 4.69) is 10.6 Å². The van der Waals surface area contributed by atoms with Crippen molar-refractivity contribution in [3.05, 3.63) is 65.2 Å². The van der Waals surface area contributed by atoms with Gasteiger partial charge in [-0.05, 0) is 67.3 Å². The summed E-state index contributed by atoms with van der Waals surface area (Å²) in [6.07, 6.45) is -2.11. The minimum Gasteiger partial charge on any atom is -0.322 e. The Labute approximate surface area is 156 Å². The van der Waals surface area contributed by atoms with Crippen LogP contribution in [0, 0.1) is 0 Å². The highest BCUT2D eigenvalue weighted by Gasteiger charge is 2.30. The van der Waals surface area contributed by atoms with Crippen LogP contribution in [-0.4, -0.2) is 19.0 Å². The standard InChI is InChI=1S/C19H19F3N2O.ClH/c20-19(21,22)16-7-3-14(4-8-16)18(25)24-17-9-5-13(6-10-17)15-2-1-11-23-12-15;/h3-10,15,23H,1-2,11-12H2,(H,24,25);1H. The molecule has 3 nitrogen and oxygen atoms in total. The summed E-state index contributed by atoms with van der Waals surface area (Å²) >= 11 is 0. The number of piperidine rings is 1. The fourth-order valence-electron chi connectivity index (χ4n) is 2.99. The van der Waals surface area contributed by atoms with Gasteiger partial charge in [-0.15, -0.1) is 12.4 Å². The Bertz CT molecular complexity index is 724. The van der Waals surface area contributed by atoms with E-state index in [-0.39, 0.29) is 18.0 Å². The second kappa shape index (κ2) is 8.56. The Hall–Kier alpha value is -2.05. The first-order chi connectivity index (χ1) is 11.9. The second-order valence-corrected chi connectivity index (χ2v) is 6.19. The summed E-state index contributed by atoms with van der Waals surface area (Å²) < 4.78 is 37.7. The number of alkyl halides is 3. The molecule has 0 radical (unpaired) electrons. The maximum Gasteiger partial charge on any atom is 0.416 e. The summed E-state index contributed by atoms with van der Waals surface area (Å²) in [5.74, 6) is 0.0502. The molecule has 1 aliphatic rings. The molecular formula is C19H20ClF3N2O. The SMILES string of the molecule is Cl.O=C(Nc1ccc(C2CCCNC2)cc1)c1ccc(C(F)(F)F)cc1. The van der Waals surface area contributed by atoms with Crippen LogP contribution in [0.2, 0.25) is 0 Å². The minimum atomic E-state index is -4.40. The van der Waals surface area contributed by atoms with Crippen molar-refractivity contribution in [2.24, 2.45) is 0 Å². The van der Waals surface area contributed by atoms with Gasteiger partial charge in [0.05, 0.1) is 5.56 Å². The number of halogens is 4. The van der Waals surface area contributed by atoms with Gasteiger partial charge < -0.3 is 10.6 Å². The minimum absolute atomic E-state index is 0. The number of hydrogen-bond acceptors (Lipinski definition) is 2. The fourth-order valence-corrected chi connectivity index (χ4v) is 2.99. The normalized spacial score (nSPS) is 17.3. The van der Waals surface area contributed by atoms with Crippen LogP contribution in [0.4, 0.5) is 18.9 Å². The van der Waals surface area contributed by atoms with Crippen molar-refractivity contribution in [1.29, 1.82) is 0 Å². The monoisotopic (exact) mass is 384 g/mol. The number of amides is 1. The van der Waals surface area contributed by atoms with Gasteiger partial charge >= 0.3 is 6.18 Å². The Balaban J connectivity index is 0.00000243. The van der Waals surface area contributed by atoms with Crippen molar-refractivity contribution in [3.8, 4) is 0 Å². The Morgan fingerprint density at radius 2 is 1.69 bits per heavy atom. The zero-order valence-electron chi connectivity index (χ0n) is 14.0. The summed E-state index contributed by atoms with van der Waals surface area (Å²) in [6.45, 7) is 2.01. The lowest BCUT2D eigenvalue weighted by atomic mass is 9.91. The zero-order chi connectivity index (χ0) is 17.9. The van der Waals surface area contributed by atoms with Crippen LogP contribution >= 0.6 is 12.4 Å². The number of carbonyl (C=O) groups excluding carboxylic acids is 1. The van der Waals surface area contributed by atoms with E-state index in [4.69, 9.17) is 0 Å². The van der Waals surface area contributed by atoms with E-state index in [1.165, 1.54) is 17.7 Å². The van der Waals surface area contributed by atoms with Crippen molar-refractivity contribution >= 4 is 24.0 Å². The van der Waals surface area contributed by atoms with Gasteiger partial charge in [-0.25, -0.2) is 0 Å². The highest BCUT2D eigenvalue weighted by molar-refractivity contribution is 6.04. The van der Waals surface area contributed by atoms with E-state index in [9.17, 15) is 18.0 Å². The molecular weight excluding hydrogens is 365 g/mol. The summed E-state index contributed by atoms with van der Waals surface area (Å²) in [7, 11) is 0. The third kappa shape index (κ3) is 4.99. The van der Waals surface area contributed by atoms with Crippen molar-refractivity contribution in [2.75, 3.05) is 18.4 Å². The van der Waals surface area contributed by atoms with Gasteiger partial charge in [-0.3, -0.25) is 4.79 Å². The number of anilines is 1. The van der Waals surface area contributed by atoms with Gasteiger partial charge in [0.2, 0.25) is 0 Å². The summed E-state index contributed by atoms with van der Waals surface area (Å²) in [6, 6.07) is 11.8. The number of carbonyl (C=O) groups is 1. The van der Waals surface area contributed by atoms with Crippen LogP contribution in [0.3, 0.4) is 0 Å². The number of rotatable bonds is 3. The van der Waals surface area contributed by atoms with E-state index < -0.39 is 17.6 Å². The molecule has 1 fully saturated rings. The molecule has 1 unspecified atom stereocenters. The summed E-state index contributed by atoms with van der Waals surface area (Å²) in [5, 5.41) is 6.08. The molecule has 1 aliphatic heterocycles. The Morgan fingerprint density at radius 3 is 2.23 bits per heavy atom. The topological polar surface area (TPSA) is 41.1 Å². The average molecular weight is 385 g/mol. The third-order valence-electron chi connectivity index (χ3n) is 4.41. The van der Waals surface area contributed by atoms with E-state index in [1.807, 2.05) is 24.3 Å². The van der Waals surface area contributed by atoms with E-state index in [1.54, 1.807) is 0 Å². The molecule has 2 aromatic carbocycles. The molecule has 2 aromatic rings. The van der Waals surface area contributed by atoms with Gasteiger partial charge in [0.25, 0.3) is 5.91 Å². The van der Waals surface area contributed by atoms with E-state index >= 15 is 0 Å². The summed E-state index contributed by atoms with van der Waals surface area (Å²) in [5.41, 5.74) is 1.26. The number of nitrogens with one attached hydrogen (secondary N) is 2. The molecule has 0 aromatic heterocycles. The van der Waals surface area contributed by atoms with Gasteiger partial charge in [0.1, 0.15) is 0 Å². The van der Waals surface area contributed by atoms with Gasteiger partial charge in [0.15, 0.2) is 0 Å². The molecule has 26 heavy (non-hydrogen) atoms. The molecule has 7 heteroatoms. The molecule has 1 heterocycles. The van der Waals surface area contributed by atoms with E-state index in [0.29, 0.717) is 11.6 Å². The smallest absolute Gasteiger partial charge is 0.322 e. The predicted molar refractivity (Wildman–Crippen MR) is 97.9 cm³/mol. The quantitative estimate of drug-likeness (QED) is 0.794. The molecule has 140 valence electrons. The number of benzene rings is 2. The molecule has 0 bridgehead atoms. The van der Waals surface area contributed by atoms with E-state index in [0.717, 1.165) is 38.1 Å². The van der Waals surface area contributed by atoms with Gasteiger partial charge in [-0.2, -0.15) is 13.2 Å². The van der Waals surface area contributed by atoms with Crippen LogP contribution < -0.4 is 10.6 Å². The molecule has 2 N–H and O–H groups in total. The molecule has 0 spiro atoms. The van der Waals surface area contributed by atoms with Crippen molar-refractivity contribution in [2.45, 2.75) is 24.9 Å². The number of hydrogen-bond donors (Lipinski definition) is 2. The van der Waals surface area contributed by atoms with Gasteiger partial charge in [-0.1, -0.05) is 12.1 Å². The Kier molecular flexibility index (Phi) is 6.67. The lowest BCUT2D eigenvalue weighted by Crippen LogP contribution is -2.28. The fraction of sp³-hybridized carbons (Fsp3) is 0.316. The first-order valence-electron chi connectivity index (χ1n) is 8.23. The largest absolute Gasteiger partial charge is 0.416 e. The van der Waals surface area contributed by atoms with Crippen LogP contribution in [0.25, 0.3) is 0 Å². The second-order valence-electron chi connectivity index (χ2n) is 6.19. The van der Waals surface area contributed by atoms with Crippen LogP contribution in [-0.2, 0) is 6.18 Å². The lowest BCUT2D eigenvalue weighted by Gasteiger charge is -2.23. The third-order valence-corrected chi connectivity index (χ3v) is 4.41. The van der Waals surface area contributed by atoms with Crippen molar-refractivity contribution in [1.82, 2.24) is 5.32 Å². The van der Waals surface area contributed by atoms with Crippen molar-refractivity contribution < 1.29 is 18.0 Å². The first kappa shape index (κ1) is 20.3. The van der Waals surface area contributed by atoms with Crippen LogP contribution in [0.1, 0.15) is 40.2 Å². The molecule has 0 saturated carbocycles. The molecule has 3 rings (SSSR count). The zero-order valence-corrected chi connectivity index (χ0v) is 14.8. The summed E-state index contributed by atoms with van der Waals surface area (Å²) in [4.78, 5) is 12.2. The molecule has 0 aliphatic carbocycles. The van der Waals surface area contributed by atoms with Crippen LogP contribution in [0.5, 0.6) is 0 Å². The molecule has 1 atom stereocenters. The van der Waals surface area contributed by atoms with Crippen LogP contribution in [0.15, 0.2) is 48.5 Å². The highest BCUT2D eigenvalue weighted by atomic mass is 35.5. The maximum absolute atomic E-state index is 12.6. The molecule has 1 amide bonds.